The third-order valence-corrected chi connectivity index (χ3v) is 5.30. The van der Waals surface area contributed by atoms with Crippen LogP contribution in [-0.4, -0.2) is 39.1 Å². The van der Waals surface area contributed by atoms with Crippen LogP contribution in [0.15, 0.2) is 0 Å². The Balaban J connectivity index is 1.89. The average Bonchev–Trinajstić information content (AvgIpc) is 2.88. The molecule has 0 unspecified atom stereocenters. The van der Waals surface area contributed by atoms with Crippen molar-refractivity contribution >= 4 is 34.9 Å². The monoisotopic (exact) mass is 277 g/mol. The van der Waals surface area contributed by atoms with Gasteiger partial charge in [-0.2, -0.15) is 11.8 Å². The molecule has 0 aromatic carbocycles. The third-order valence-electron chi connectivity index (χ3n) is 3.22. The molecule has 0 bridgehead atoms. The molecule has 90 valence electrons. The van der Waals surface area contributed by atoms with Crippen molar-refractivity contribution in [2.24, 2.45) is 0 Å². The topological polar surface area (TPSA) is 29.0 Å². The van der Waals surface area contributed by atoms with E-state index in [2.05, 4.69) is 27.8 Å². The summed E-state index contributed by atoms with van der Waals surface area (Å²) in [6.07, 6.45) is 6.11. The average molecular weight is 278 g/mol. The summed E-state index contributed by atoms with van der Waals surface area (Å²) in [4.78, 5) is 2.36. The Kier molecular flexibility index (Phi) is 4.47. The van der Waals surface area contributed by atoms with Crippen LogP contribution in [0.2, 0.25) is 4.34 Å². The summed E-state index contributed by atoms with van der Waals surface area (Å²) in [5.74, 6) is 0. The van der Waals surface area contributed by atoms with Gasteiger partial charge in [0.2, 0.25) is 0 Å². The molecule has 1 aliphatic rings. The van der Waals surface area contributed by atoms with Crippen LogP contribution in [0.3, 0.4) is 0 Å². The van der Waals surface area contributed by atoms with Crippen molar-refractivity contribution in [2.75, 3.05) is 13.3 Å². The summed E-state index contributed by atoms with van der Waals surface area (Å²) in [6.45, 7) is 0.821. The Morgan fingerprint density at radius 2 is 2.38 bits per heavy atom. The Labute approximate surface area is 110 Å². The second-order valence-corrected chi connectivity index (χ2v) is 6.73. The zero-order chi connectivity index (χ0) is 11.5. The van der Waals surface area contributed by atoms with Gasteiger partial charge in [0.25, 0.3) is 0 Å². The summed E-state index contributed by atoms with van der Waals surface area (Å²) >= 11 is 9.26. The fourth-order valence-electron chi connectivity index (χ4n) is 2.19. The normalized spacial score (nSPS) is 25.5. The minimum absolute atomic E-state index is 0.676. The van der Waals surface area contributed by atoms with Gasteiger partial charge in [-0.1, -0.05) is 16.1 Å². The molecule has 6 heteroatoms. The van der Waals surface area contributed by atoms with Crippen molar-refractivity contribution in [1.29, 1.82) is 0 Å². The molecule has 1 aromatic heterocycles. The lowest BCUT2D eigenvalue weighted by Gasteiger charge is -2.23. The van der Waals surface area contributed by atoms with E-state index >= 15 is 0 Å². The maximum absolute atomic E-state index is 6.01. The number of hydrogen-bond donors (Lipinski definition) is 0. The number of halogens is 1. The van der Waals surface area contributed by atoms with Gasteiger partial charge in [-0.25, -0.2) is 0 Å². The molecule has 0 radical (unpaired) electrons. The Morgan fingerprint density at radius 1 is 1.56 bits per heavy atom. The number of nitrogens with zero attached hydrogens (tertiary/aromatic N) is 3. The second kappa shape index (κ2) is 5.67. The molecule has 1 heterocycles. The van der Waals surface area contributed by atoms with Gasteiger partial charge < -0.3 is 0 Å². The van der Waals surface area contributed by atoms with E-state index in [0.717, 1.165) is 21.8 Å². The number of hydrogen-bond acceptors (Lipinski definition) is 5. The molecule has 1 aromatic rings. The predicted molar refractivity (Wildman–Crippen MR) is 71.3 cm³/mol. The molecule has 1 fully saturated rings. The van der Waals surface area contributed by atoms with Crippen LogP contribution in [0.1, 0.15) is 25.0 Å². The fraction of sp³-hybridized carbons (Fsp3) is 0.800. The van der Waals surface area contributed by atoms with Crippen LogP contribution < -0.4 is 0 Å². The molecule has 0 spiro atoms. The highest BCUT2D eigenvalue weighted by Gasteiger charge is 2.27. The van der Waals surface area contributed by atoms with E-state index in [1.54, 1.807) is 0 Å². The van der Waals surface area contributed by atoms with Gasteiger partial charge in [0.05, 0.1) is 0 Å². The highest BCUT2D eigenvalue weighted by Crippen LogP contribution is 2.31. The maximum Gasteiger partial charge on any atom is 0.138 e. The third kappa shape index (κ3) is 2.88. The van der Waals surface area contributed by atoms with Crippen LogP contribution in [0.25, 0.3) is 0 Å². The quantitative estimate of drug-likeness (QED) is 0.846. The van der Waals surface area contributed by atoms with E-state index in [4.69, 9.17) is 11.6 Å². The number of rotatable bonds is 4. The van der Waals surface area contributed by atoms with Gasteiger partial charge in [0, 0.05) is 29.4 Å². The van der Waals surface area contributed by atoms with Gasteiger partial charge in [-0.15, -0.1) is 5.10 Å². The summed E-state index contributed by atoms with van der Waals surface area (Å²) in [7, 11) is 2.16. The number of thioether (sulfide) groups is 1. The van der Waals surface area contributed by atoms with Crippen LogP contribution in [0.5, 0.6) is 0 Å². The highest BCUT2D eigenvalue weighted by atomic mass is 35.5. The Morgan fingerprint density at radius 3 is 2.94 bits per heavy atom. The van der Waals surface area contributed by atoms with Crippen LogP contribution in [-0.2, 0) is 6.54 Å². The summed E-state index contributed by atoms with van der Waals surface area (Å²) in [5.41, 5.74) is 0.918. The van der Waals surface area contributed by atoms with Gasteiger partial charge in [-0.3, -0.25) is 4.90 Å². The molecule has 2 rings (SSSR count). The number of aromatic nitrogens is 2. The molecular formula is C10H16ClN3S2. The summed E-state index contributed by atoms with van der Waals surface area (Å²) in [6, 6.07) is 0.676. The standard InChI is InChI=1S/C10H16ClN3S2/c1-14(6-9-10(11)16-13-12-9)7-3-4-8(5-7)15-2/h7-8H,3-6H2,1-2H3/t7-,8-/m1/s1. The van der Waals surface area contributed by atoms with E-state index in [9.17, 15) is 0 Å². The first-order chi connectivity index (χ1) is 7.70. The lowest BCUT2D eigenvalue weighted by atomic mass is 10.2. The zero-order valence-corrected chi connectivity index (χ0v) is 11.9. The van der Waals surface area contributed by atoms with Crippen molar-refractivity contribution in [3.8, 4) is 0 Å². The predicted octanol–water partition coefficient (Wildman–Crippen LogP) is 2.91. The second-order valence-electron chi connectivity index (χ2n) is 4.23. The maximum atomic E-state index is 6.01. The van der Waals surface area contributed by atoms with E-state index < -0.39 is 0 Å². The first-order valence-electron chi connectivity index (χ1n) is 5.40. The van der Waals surface area contributed by atoms with Gasteiger partial charge in [0.15, 0.2) is 0 Å². The van der Waals surface area contributed by atoms with Crippen LogP contribution in [0.4, 0.5) is 0 Å². The fourth-order valence-corrected chi connectivity index (χ4v) is 3.59. The van der Waals surface area contributed by atoms with Crippen LogP contribution in [0, 0.1) is 0 Å². The van der Waals surface area contributed by atoms with Crippen molar-refractivity contribution in [3.05, 3.63) is 10.0 Å². The first kappa shape index (κ1) is 12.6. The summed E-state index contributed by atoms with van der Waals surface area (Å²) in [5, 5.41) is 4.89. The van der Waals surface area contributed by atoms with Crippen molar-refractivity contribution < 1.29 is 0 Å². The van der Waals surface area contributed by atoms with Crippen molar-refractivity contribution in [2.45, 2.75) is 37.1 Å². The molecule has 1 saturated carbocycles. The minimum Gasteiger partial charge on any atom is -0.297 e. The van der Waals surface area contributed by atoms with Gasteiger partial charge in [-0.05, 0) is 32.6 Å². The largest absolute Gasteiger partial charge is 0.297 e. The lowest BCUT2D eigenvalue weighted by Crippen LogP contribution is -2.29. The van der Waals surface area contributed by atoms with Gasteiger partial charge in [0.1, 0.15) is 10.0 Å². The van der Waals surface area contributed by atoms with E-state index in [0.29, 0.717) is 6.04 Å². The molecule has 3 nitrogen and oxygen atoms in total. The molecular weight excluding hydrogens is 262 g/mol. The van der Waals surface area contributed by atoms with E-state index in [-0.39, 0.29) is 0 Å². The smallest absolute Gasteiger partial charge is 0.138 e. The minimum atomic E-state index is 0.676. The van der Waals surface area contributed by atoms with Gasteiger partial charge >= 0.3 is 0 Å². The van der Waals surface area contributed by atoms with Crippen molar-refractivity contribution in [3.63, 3.8) is 0 Å². The lowest BCUT2D eigenvalue weighted by molar-refractivity contribution is 0.235. The molecule has 1 aliphatic carbocycles. The molecule has 2 atom stereocenters. The van der Waals surface area contributed by atoms with Crippen molar-refractivity contribution in [1.82, 2.24) is 14.5 Å². The SMILES string of the molecule is CS[C@@H]1CC[C@@H](N(C)Cc2nnsc2Cl)C1. The molecule has 0 aliphatic heterocycles. The van der Waals surface area contributed by atoms with E-state index in [1.807, 2.05) is 11.8 Å². The molecule has 16 heavy (non-hydrogen) atoms. The first-order valence-corrected chi connectivity index (χ1v) is 7.84. The summed E-state index contributed by atoms with van der Waals surface area (Å²) < 4.78 is 4.59. The van der Waals surface area contributed by atoms with E-state index in [1.165, 1.54) is 30.8 Å². The van der Waals surface area contributed by atoms with Crippen LogP contribution >= 0.6 is 34.9 Å². The Hall–Kier alpha value is 0.160. The zero-order valence-electron chi connectivity index (χ0n) is 9.52. The molecule has 0 saturated heterocycles. The molecule has 0 N–H and O–H groups in total. The molecule has 0 amide bonds. The Bertz CT molecular complexity index is 345. The highest BCUT2D eigenvalue weighted by molar-refractivity contribution is 7.99.